The van der Waals surface area contributed by atoms with Crippen LogP contribution in [-0.2, 0) is 13.1 Å². The first-order valence-corrected chi connectivity index (χ1v) is 6.84. The molecule has 0 saturated heterocycles. The van der Waals surface area contributed by atoms with Gasteiger partial charge in [-0.1, -0.05) is 23.5 Å². The summed E-state index contributed by atoms with van der Waals surface area (Å²) in [5, 5.41) is 13.8. The summed E-state index contributed by atoms with van der Waals surface area (Å²) >= 11 is 1.12. The number of ether oxygens (including phenoxy) is 1. The Hall–Kier alpha value is -2.06. The van der Waals surface area contributed by atoms with Gasteiger partial charge in [-0.3, -0.25) is 10.1 Å². The normalized spacial score (nSPS) is 10.8. The lowest BCUT2D eigenvalue weighted by Crippen LogP contribution is -2.11. The molecule has 0 radical (unpaired) electrons. The van der Waals surface area contributed by atoms with E-state index >= 15 is 0 Å². The number of nitrogens with one attached hydrogen (secondary N) is 1. The summed E-state index contributed by atoms with van der Waals surface area (Å²) in [6.07, 6.45) is 0. The minimum Gasteiger partial charge on any atom is -0.435 e. The molecule has 0 aliphatic heterocycles. The number of hydrogen-bond donors (Lipinski definition) is 1. The maximum absolute atomic E-state index is 12.0. The number of hydrogen-bond acceptors (Lipinski definition) is 5. The summed E-state index contributed by atoms with van der Waals surface area (Å²) in [6.45, 7) is -1.79. The Morgan fingerprint density at radius 2 is 1.90 bits per heavy atom. The fourth-order valence-corrected chi connectivity index (χ4v) is 2.47. The summed E-state index contributed by atoms with van der Waals surface area (Å²) in [5.74, 6) is 0.114. The number of nitrogens with zero attached hydrogens (tertiary/aromatic N) is 1. The summed E-state index contributed by atoms with van der Waals surface area (Å²) in [7, 11) is 0. The molecular formula is C13H12F2N2O3S. The van der Waals surface area contributed by atoms with E-state index in [-0.39, 0.29) is 10.8 Å². The van der Waals surface area contributed by atoms with Crippen molar-refractivity contribution in [2.24, 2.45) is 0 Å². The van der Waals surface area contributed by atoms with Gasteiger partial charge in [0.2, 0.25) is 0 Å². The second-order valence-electron chi connectivity index (χ2n) is 4.12. The Morgan fingerprint density at radius 3 is 2.48 bits per heavy atom. The molecule has 0 atom stereocenters. The van der Waals surface area contributed by atoms with Crippen molar-refractivity contribution in [1.29, 1.82) is 0 Å². The van der Waals surface area contributed by atoms with E-state index in [1.165, 1.54) is 18.2 Å². The third-order valence-corrected chi connectivity index (χ3v) is 3.64. The third kappa shape index (κ3) is 4.76. The summed E-state index contributed by atoms with van der Waals surface area (Å²) < 4.78 is 28.2. The van der Waals surface area contributed by atoms with Crippen molar-refractivity contribution >= 4 is 16.3 Å². The average molecular weight is 314 g/mol. The maximum atomic E-state index is 12.0. The van der Waals surface area contributed by atoms with E-state index in [2.05, 4.69) is 10.1 Å². The number of nitro groups is 1. The molecule has 0 spiro atoms. The van der Waals surface area contributed by atoms with Gasteiger partial charge < -0.3 is 10.1 Å². The Morgan fingerprint density at radius 1 is 1.19 bits per heavy atom. The van der Waals surface area contributed by atoms with Crippen molar-refractivity contribution in [3.8, 4) is 5.75 Å². The molecule has 5 nitrogen and oxygen atoms in total. The lowest BCUT2D eigenvalue weighted by atomic mass is 10.2. The molecule has 0 bridgehead atoms. The minimum atomic E-state index is -2.83. The van der Waals surface area contributed by atoms with Crippen molar-refractivity contribution in [3.63, 3.8) is 0 Å². The topological polar surface area (TPSA) is 64.4 Å². The van der Waals surface area contributed by atoms with Crippen LogP contribution in [0.1, 0.15) is 10.4 Å². The zero-order valence-electron chi connectivity index (χ0n) is 10.8. The quantitative estimate of drug-likeness (QED) is 0.627. The van der Waals surface area contributed by atoms with Gasteiger partial charge in [0.15, 0.2) is 0 Å². The Labute approximate surface area is 123 Å². The fourth-order valence-electron chi connectivity index (χ4n) is 1.68. The standard InChI is InChI=1S/C13H12F2N2O3S/c14-13(15)20-10-3-1-9(2-4-10)7-16-8-11-5-6-12(21-11)17(18)19/h1-6,13,16H,7-8H2. The van der Waals surface area contributed by atoms with Gasteiger partial charge in [0.05, 0.1) is 4.92 Å². The second-order valence-corrected chi connectivity index (χ2v) is 5.27. The molecule has 0 unspecified atom stereocenters. The van der Waals surface area contributed by atoms with Crippen LogP contribution in [0.4, 0.5) is 13.8 Å². The zero-order valence-corrected chi connectivity index (χ0v) is 11.6. The summed E-state index contributed by atoms with van der Waals surface area (Å²) in [5.41, 5.74) is 0.905. The largest absolute Gasteiger partial charge is 0.435 e. The van der Waals surface area contributed by atoms with Crippen molar-refractivity contribution in [3.05, 3.63) is 57.0 Å². The molecule has 1 aromatic carbocycles. The molecule has 0 saturated carbocycles. The molecule has 0 aliphatic carbocycles. The molecule has 0 fully saturated rings. The van der Waals surface area contributed by atoms with Gasteiger partial charge in [0, 0.05) is 24.0 Å². The van der Waals surface area contributed by atoms with Crippen LogP contribution in [0.15, 0.2) is 36.4 Å². The van der Waals surface area contributed by atoms with Crippen LogP contribution in [0.3, 0.4) is 0 Å². The van der Waals surface area contributed by atoms with Crippen molar-refractivity contribution in [2.45, 2.75) is 19.7 Å². The second kappa shape index (κ2) is 7.09. The highest BCUT2D eigenvalue weighted by atomic mass is 32.1. The van der Waals surface area contributed by atoms with E-state index in [0.717, 1.165) is 21.8 Å². The van der Waals surface area contributed by atoms with Crippen molar-refractivity contribution < 1.29 is 18.4 Å². The highest BCUT2D eigenvalue weighted by molar-refractivity contribution is 7.15. The fraction of sp³-hybridized carbons (Fsp3) is 0.231. The zero-order chi connectivity index (χ0) is 15.2. The monoisotopic (exact) mass is 314 g/mol. The van der Waals surface area contributed by atoms with E-state index < -0.39 is 11.5 Å². The van der Waals surface area contributed by atoms with E-state index in [1.54, 1.807) is 18.2 Å². The number of thiophene rings is 1. The molecule has 1 aromatic heterocycles. The average Bonchev–Trinajstić information content (AvgIpc) is 2.89. The SMILES string of the molecule is O=[N+]([O-])c1ccc(CNCc2ccc(OC(F)F)cc2)s1. The van der Waals surface area contributed by atoms with Crippen molar-refractivity contribution in [2.75, 3.05) is 0 Å². The smallest absolute Gasteiger partial charge is 0.387 e. The Balaban J connectivity index is 1.81. The molecule has 1 heterocycles. The van der Waals surface area contributed by atoms with Gasteiger partial charge in [-0.15, -0.1) is 0 Å². The van der Waals surface area contributed by atoms with Gasteiger partial charge >= 0.3 is 11.6 Å². The molecule has 2 rings (SSSR count). The molecular weight excluding hydrogens is 302 g/mol. The molecule has 2 aromatic rings. The van der Waals surface area contributed by atoms with E-state index in [4.69, 9.17) is 0 Å². The highest BCUT2D eigenvalue weighted by Gasteiger charge is 2.09. The van der Waals surface area contributed by atoms with Gasteiger partial charge in [0.25, 0.3) is 0 Å². The van der Waals surface area contributed by atoms with Crippen LogP contribution < -0.4 is 10.1 Å². The van der Waals surface area contributed by atoms with Crippen molar-refractivity contribution in [1.82, 2.24) is 5.32 Å². The third-order valence-electron chi connectivity index (χ3n) is 2.60. The minimum absolute atomic E-state index is 0.111. The molecule has 21 heavy (non-hydrogen) atoms. The number of alkyl halides is 2. The molecule has 1 N–H and O–H groups in total. The van der Waals surface area contributed by atoms with E-state index in [9.17, 15) is 18.9 Å². The summed E-state index contributed by atoms with van der Waals surface area (Å²) in [4.78, 5) is 11.0. The molecule has 0 amide bonds. The first kappa shape index (κ1) is 15.3. The van der Waals surface area contributed by atoms with Crippen LogP contribution in [0.2, 0.25) is 0 Å². The Kier molecular flexibility index (Phi) is 5.18. The Bertz CT molecular complexity index is 602. The van der Waals surface area contributed by atoms with Gasteiger partial charge in [-0.2, -0.15) is 8.78 Å². The predicted octanol–water partition coefficient (Wildman–Crippen LogP) is 3.55. The van der Waals surface area contributed by atoms with Crippen LogP contribution >= 0.6 is 11.3 Å². The van der Waals surface area contributed by atoms with E-state index in [0.29, 0.717) is 13.1 Å². The lowest BCUT2D eigenvalue weighted by Gasteiger charge is -2.06. The molecule has 112 valence electrons. The number of rotatable bonds is 7. The maximum Gasteiger partial charge on any atom is 0.387 e. The van der Waals surface area contributed by atoms with Gasteiger partial charge in [-0.05, 0) is 23.8 Å². The number of benzene rings is 1. The lowest BCUT2D eigenvalue weighted by molar-refractivity contribution is -0.380. The first-order valence-electron chi connectivity index (χ1n) is 6.02. The number of halogens is 2. The highest BCUT2D eigenvalue weighted by Crippen LogP contribution is 2.23. The van der Waals surface area contributed by atoms with Gasteiger partial charge in [-0.25, -0.2) is 0 Å². The van der Waals surface area contributed by atoms with E-state index in [1.807, 2.05) is 0 Å². The first-order chi connectivity index (χ1) is 10.0. The van der Waals surface area contributed by atoms with Crippen LogP contribution in [0.5, 0.6) is 5.75 Å². The van der Waals surface area contributed by atoms with Crippen LogP contribution in [-0.4, -0.2) is 11.5 Å². The van der Waals surface area contributed by atoms with Crippen LogP contribution in [0, 0.1) is 10.1 Å². The summed E-state index contributed by atoms with van der Waals surface area (Å²) in [6, 6.07) is 9.48. The molecule has 0 aliphatic rings. The molecule has 8 heteroatoms. The van der Waals surface area contributed by atoms with Crippen LogP contribution in [0.25, 0.3) is 0 Å². The van der Waals surface area contributed by atoms with Gasteiger partial charge in [0.1, 0.15) is 5.75 Å². The predicted molar refractivity (Wildman–Crippen MR) is 74.6 cm³/mol.